The highest BCUT2D eigenvalue weighted by molar-refractivity contribution is 4.70. The number of hydrogen-bond acceptors (Lipinski definition) is 2. The number of aromatic nitrogens is 3. The first-order chi connectivity index (χ1) is 8.49. The molecular formula is C15H29N3. The molecule has 0 amide bonds. The number of hydrogen-bond donors (Lipinski definition) is 0. The number of rotatable bonds is 8. The molecule has 3 unspecified atom stereocenters. The molecule has 1 rings (SSSR count). The van der Waals surface area contributed by atoms with Crippen LogP contribution in [0.4, 0.5) is 0 Å². The van der Waals surface area contributed by atoms with Gasteiger partial charge in [-0.2, -0.15) is 0 Å². The van der Waals surface area contributed by atoms with Gasteiger partial charge in [0.15, 0.2) is 0 Å². The lowest BCUT2D eigenvalue weighted by Gasteiger charge is -2.23. The zero-order valence-corrected chi connectivity index (χ0v) is 12.6. The fraction of sp³-hybridized carbons (Fsp3) is 0.867. The van der Waals surface area contributed by atoms with Gasteiger partial charge in [-0.05, 0) is 30.1 Å². The molecule has 104 valence electrons. The molecule has 3 heteroatoms. The van der Waals surface area contributed by atoms with E-state index in [-0.39, 0.29) is 0 Å². The Morgan fingerprint density at radius 2 is 1.72 bits per heavy atom. The van der Waals surface area contributed by atoms with Crippen molar-refractivity contribution in [2.75, 3.05) is 0 Å². The normalized spacial score (nSPS) is 16.8. The predicted octanol–water partition coefficient (Wildman–Crippen LogP) is 4.01. The lowest BCUT2D eigenvalue weighted by Crippen LogP contribution is -2.18. The Kier molecular flexibility index (Phi) is 6.37. The third-order valence-electron chi connectivity index (χ3n) is 3.93. The molecule has 0 radical (unpaired) electrons. The average molecular weight is 251 g/mol. The van der Waals surface area contributed by atoms with Crippen LogP contribution in [0.5, 0.6) is 0 Å². The van der Waals surface area contributed by atoms with E-state index >= 15 is 0 Å². The van der Waals surface area contributed by atoms with Crippen LogP contribution >= 0.6 is 0 Å². The molecule has 0 aliphatic carbocycles. The Morgan fingerprint density at radius 1 is 1.00 bits per heavy atom. The summed E-state index contributed by atoms with van der Waals surface area (Å²) in [5.74, 6) is 3.07. The summed E-state index contributed by atoms with van der Waals surface area (Å²) < 4.78 is 1.94. The van der Waals surface area contributed by atoms with Gasteiger partial charge in [-0.1, -0.05) is 52.7 Å². The van der Waals surface area contributed by atoms with E-state index in [2.05, 4.69) is 44.9 Å². The summed E-state index contributed by atoms with van der Waals surface area (Å²) in [4.78, 5) is 0. The van der Waals surface area contributed by atoms with Crippen LogP contribution < -0.4 is 0 Å². The first-order valence-corrected chi connectivity index (χ1v) is 7.33. The molecule has 1 aromatic heterocycles. The Labute approximate surface area is 112 Å². The van der Waals surface area contributed by atoms with Crippen LogP contribution in [0.15, 0.2) is 12.4 Å². The second-order valence-electron chi connectivity index (χ2n) is 6.39. The lowest BCUT2D eigenvalue weighted by atomic mass is 9.85. The maximum absolute atomic E-state index is 4.04. The first-order valence-electron chi connectivity index (χ1n) is 7.33. The molecule has 0 saturated carbocycles. The van der Waals surface area contributed by atoms with Crippen molar-refractivity contribution in [2.45, 2.75) is 60.4 Å². The van der Waals surface area contributed by atoms with Gasteiger partial charge >= 0.3 is 0 Å². The average Bonchev–Trinajstić information content (AvgIpc) is 2.79. The summed E-state index contributed by atoms with van der Waals surface area (Å²) in [7, 11) is 0. The van der Waals surface area contributed by atoms with Gasteiger partial charge in [0.05, 0.1) is 6.20 Å². The highest BCUT2D eigenvalue weighted by Crippen LogP contribution is 2.24. The third-order valence-corrected chi connectivity index (χ3v) is 3.93. The molecule has 0 aliphatic rings. The second-order valence-corrected chi connectivity index (χ2v) is 6.39. The third kappa shape index (κ3) is 5.65. The van der Waals surface area contributed by atoms with Gasteiger partial charge in [0, 0.05) is 12.7 Å². The zero-order valence-electron chi connectivity index (χ0n) is 12.6. The minimum absolute atomic E-state index is 0.660. The standard InChI is InChI=1S/C15H29N3/c1-12(2)6-7-13(3)10-14(4)15(5)11-18-9-8-16-17-18/h8-9,12-15H,6-7,10-11H2,1-5H3. The van der Waals surface area contributed by atoms with E-state index in [4.69, 9.17) is 0 Å². The van der Waals surface area contributed by atoms with Gasteiger partial charge in [-0.3, -0.25) is 4.68 Å². The maximum Gasteiger partial charge on any atom is 0.0692 e. The molecule has 0 bridgehead atoms. The Hall–Kier alpha value is -0.860. The topological polar surface area (TPSA) is 30.7 Å². The Bertz CT molecular complexity index is 306. The van der Waals surface area contributed by atoms with E-state index in [9.17, 15) is 0 Å². The first kappa shape index (κ1) is 15.2. The van der Waals surface area contributed by atoms with Crippen molar-refractivity contribution in [2.24, 2.45) is 23.7 Å². The van der Waals surface area contributed by atoms with E-state index in [1.165, 1.54) is 19.3 Å². The van der Waals surface area contributed by atoms with Gasteiger partial charge in [-0.25, -0.2) is 0 Å². The molecule has 0 spiro atoms. The van der Waals surface area contributed by atoms with Crippen LogP contribution in [-0.4, -0.2) is 15.0 Å². The quantitative estimate of drug-likeness (QED) is 0.699. The fourth-order valence-corrected chi connectivity index (χ4v) is 2.41. The molecule has 0 N–H and O–H groups in total. The minimum atomic E-state index is 0.660. The molecule has 0 saturated heterocycles. The SMILES string of the molecule is CC(C)CCC(C)CC(C)C(C)Cn1ccnn1. The summed E-state index contributed by atoms with van der Waals surface area (Å²) in [6.07, 6.45) is 7.74. The molecule has 0 aromatic carbocycles. The molecule has 1 aromatic rings. The molecule has 0 fully saturated rings. The van der Waals surface area contributed by atoms with Crippen molar-refractivity contribution in [1.29, 1.82) is 0 Å². The van der Waals surface area contributed by atoms with E-state index < -0.39 is 0 Å². The fourth-order valence-electron chi connectivity index (χ4n) is 2.41. The number of nitrogens with zero attached hydrogens (tertiary/aromatic N) is 3. The van der Waals surface area contributed by atoms with Gasteiger partial charge in [0.1, 0.15) is 0 Å². The van der Waals surface area contributed by atoms with Crippen molar-refractivity contribution < 1.29 is 0 Å². The molecule has 0 aliphatic heterocycles. The van der Waals surface area contributed by atoms with Crippen LogP contribution in [0, 0.1) is 23.7 Å². The van der Waals surface area contributed by atoms with E-state index in [0.29, 0.717) is 5.92 Å². The summed E-state index contributed by atoms with van der Waals surface area (Å²) in [6.45, 7) is 12.7. The van der Waals surface area contributed by atoms with Crippen molar-refractivity contribution in [3.05, 3.63) is 12.4 Å². The van der Waals surface area contributed by atoms with Crippen molar-refractivity contribution in [3.63, 3.8) is 0 Å². The van der Waals surface area contributed by atoms with Crippen LogP contribution in [0.1, 0.15) is 53.9 Å². The summed E-state index contributed by atoms with van der Waals surface area (Å²) in [5.41, 5.74) is 0. The highest BCUT2D eigenvalue weighted by Gasteiger charge is 2.16. The lowest BCUT2D eigenvalue weighted by molar-refractivity contribution is 0.264. The summed E-state index contributed by atoms with van der Waals surface area (Å²) in [6, 6.07) is 0. The van der Waals surface area contributed by atoms with Crippen LogP contribution in [-0.2, 0) is 6.54 Å². The van der Waals surface area contributed by atoms with Crippen LogP contribution in [0.3, 0.4) is 0 Å². The molecule has 18 heavy (non-hydrogen) atoms. The highest BCUT2D eigenvalue weighted by atomic mass is 15.4. The molecule has 3 nitrogen and oxygen atoms in total. The van der Waals surface area contributed by atoms with Crippen LogP contribution in [0.25, 0.3) is 0 Å². The Balaban J connectivity index is 2.28. The second kappa shape index (κ2) is 7.55. The van der Waals surface area contributed by atoms with Gasteiger partial charge in [0.2, 0.25) is 0 Å². The van der Waals surface area contributed by atoms with Crippen molar-refractivity contribution in [1.82, 2.24) is 15.0 Å². The van der Waals surface area contributed by atoms with E-state index in [1.54, 1.807) is 6.20 Å². The van der Waals surface area contributed by atoms with E-state index in [0.717, 1.165) is 24.3 Å². The van der Waals surface area contributed by atoms with Crippen molar-refractivity contribution >= 4 is 0 Å². The van der Waals surface area contributed by atoms with Crippen LogP contribution in [0.2, 0.25) is 0 Å². The molecular weight excluding hydrogens is 222 g/mol. The largest absolute Gasteiger partial charge is 0.252 e. The molecule has 3 atom stereocenters. The maximum atomic E-state index is 4.04. The van der Waals surface area contributed by atoms with Gasteiger partial charge in [-0.15, -0.1) is 5.10 Å². The van der Waals surface area contributed by atoms with Crippen molar-refractivity contribution in [3.8, 4) is 0 Å². The minimum Gasteiger partial charge on any atom is -0.252 e. The Morgan fingerprint density at radius 3 is 2.28 bits per heavy atom. The summed E-state index contributed by atoms with van der Waals surface area (Å²) in [5, 5.41) is 7.90. The summed E-state index contributed by atoms with van der Waals surface area (Å²) >= 11 is 0. The van der Waals surface area contributed by atoms with Gasteiger partial charge in [0.25, 0.3) is 0 Å². The van der Waals surface area contributed by atoms with Gasteiger partial charge < -0.3 is 0 Å². The zero-order chi connectivity index (χ0) is 13.5. The molecule has 1 heterocycles. The predicted molar refractivity (Wildman–Crippen MR) is 76.2 cm³/mol. The smallest absolute Gasteiger partial charge is 0.0692 e. The van der Waals surface area contributed by atoms with E-state index in [1.807, 2.05) is 10.9 Å². The monoisotopic (exact) mass is 251 g/mol.